The third kappa shape index (κ3) is 2.37. The molecule has 17 heavy (non-hydrogen) atoms. The zero-order valence-corrected chi connectivity index (χ0v) is 9.83. The molecule has 0 spiro atoms. The molecule has 0 amide bonds. The Kier molecular flexibility index (Phi) is 3.69. The highest BCUT2D eigenvalue weighted by atomic mass is 35.5. The Bertz CT molecular complexity index is 541. The van der Waals surface area contributed by atoms with Crippen LogP contribution < -0.4 is 0 Å². The van der Waals surface area contributed by atoms with E-state index in [0.29, 0.717) is 0 Å². The highest BCUT2D eigenvalue weighted by Gasteiger charge is 2.27. The molecule has 0 radical (unpaired) electrons. The van der Waals surface area contributed by atoms with E-state index in [-0.39, 0.29) is 10.7 Å². The minimum absolute atomic E-state index is 0.374. The van der Waals surface area contributed by atoms with Gasteiger partial charge < -0.3 is 10.2 Å². The molecule has 0 atom stereocenters. The molecule has 0 aliphatic heterocycles. The third-order valence-corrected chi connectivity index (χ3v) is 2.67. The average Bonchev–Trinajstić information content (AvgIpc) is 2.19. The molecule has 0 aliphatic rings. The SMILES string of the molecule is CC(=O)c1nc(C(=O)O)c(C(=O)O)c(Cl)c1Cl. The lowest BCUT2D eigenvalue weighted by Gasteiger charge is -2.08. The maximum atomic E-state index is 11.1. The number of carbonyl (C=O) groups is 3. The van der Waals surface area contributed by atoms with Crippen molar-refractivity contribution in [3.63, 3.8) is 0 Å². The maximum Gasteiger partial charge on any atom is 0.355 e. The fourth-order valence-corrected chi connectivity index (χ4v) is 1.65. The number of pyridine rings is 1. The van der Waals surface area contributed by atoms with Crippen LogP contribution in [0.2, 0.25) is 10.0 Å². The highest BCUT2D eigenvalue weighted by Crippen LogP contribution is 2.30. The fourth-order valence-electron chi connectivity index (χ4n) is 1.12. The number of carboxylic acids is 2. The van der Waals surface area contributed by atoms with Crippen LogP contribution >= 0.6 is 23.2 Å². The van der Waals surface area contributed by atoms with Crippen molar-refractivity contribution in [3.8, 4) is 0 Å². The Morgan fingerprint density at radius 3 is 1.88 bits per heavy atom. The lowest BCUT2D eigenvalue weighted by atomic mass is 10.1. The number of carboxylic acid groups (broad SMARTS) is 2. The van der Waals surface area contributed by atoms with Crippen molar-refractivity contribution < 1.29 is 24.6 Å². The lowest BCUT2D eigenvalue weighted by Crippen LogP contribution is -2.15. The first-order valence-corrected chi connectivity index (χ1v) is 4.89. The standard InChI is InChI=1S/C9H5Cl2NO5/c1-2(13)6-5(11)4(10)3(8(14)15)7(12-6)9(16)17/h1H3,(H,14,15)(H,16,17). The van der Waals surface area contributed by atoms with Gasteiger partial charge in [0.1, 0.15) is 11.3 Å². The molecule has 0 bridgehead atoms. The van der Waals surface area contributed by atoms with Gasteiger partial charge in [0.25, 0.3) is 0 Å². The number of ketones is 1. The first kappa shape index (κ1) is 13.4. The van der Waals surface area contributed by atoms with Gasteiger partial charge >= 0.3 is 11.9 Å². The number of rotatable bonds is 3. The number of Topliss-reactive ketones (excluding diaryl/α,β-unsaturated/α-hetero) is 1. The number of nitrogens with zero attached hydrogens (tertiary/aromatic N) is 1. The second-order valence-corrected chi connectivity index (χ2v) is 3.73. The molecule has 0 unspecified atom stereocenters. The van der Waals surface area contributed by atoms with E-state index in [0.717, 1.165) is 6.92 Å². The van der Waals surface area contributed by atoms with Crippen molar-refractivity contribution in [3.05, 3.63) is 27.0 Å². The maximum absolute atomic E-state index is 11.1. The summed E-state index contributed by atoms with van der Waals surface area (Å²) in [5.74, 6) is -3.81. The van der Waals surface area contributed by atoms with Crippen LogP contribution in [0.1, 0.15) is 38.3 Å². The van der Waals surface area contributed by atoms with Crippen LogP contribution in [0, 0.1) is 0 Å². The van der Waals surface area contributed by atoms with Gasteiger partial charge in [0.05, 0.1) is 10.0 Å². The molecule has 2 N–H and O–H groups in total. The molecule has 1 heterocycles. The molecule has 6 nitrogen and oxygen atoms in total. The number of aromatic nitrogens is 1. The van der Waals surface area contributed by atoms with E-state index in [2.05, 4.69) is 4.98 Å². The summed E-state index contributed by atoms with van der Waals surface area (Å²) in [5.41, 5.74) is -1.94. The molecule has 1 aromatic heterocycles. The van der Waals surface area contributed by atoms with E-state index >= 15 is 0 Å². The molecule has 0 aromatic carbocycles. The van der Waals surface area contributed by atoms with Gasteiger partial charge in [0.15, 0.2) is 11.5 Å². The van der Waals surface area contributed by atoms with E-state index < -0.39 is 34.0 Å². The Morgan fingerprint density at radius 2 is 1.53 bits per heavy atom. The molecule has 90 valence electrons. The Hall–Kier alpha value is -1.66. The zero-order valence-electron chi connectivity index (χ0n) is 8.32. The van der Waals surface area contributed by atoms with Crippen LogP contribution in [0.15, 0.2) is 0 Å². The minimum atomic E-state index is -1.61. The van der Waals surface area contributed by atoms with E-state index in [1.807, 2.05) is 0 Å². The topological polar surface area (TPSA) is 105 Å². The van der Waals surface area contributed by atoms with Crippen molar-refractivity contribution in [2.75, 3.05) is 0 Å². The van der Waals surface area contributed by atoms with Crippen LogP contribution in [-0.4, -0.2) is 32.9 Å². The van der Waals surface area contributed by atoms with Gasteiger partial charge in [-0.15, -0.1) is 0 Å². The van der Waals surface area contributed by atoms with E-state index in [1.54, 1.807) is 0 Å². The van der Waals surface area contributed by atoms with E-state index in [1.165, 1.54) is 0 Å². The first-order chi connectivity index (χ1) is 7.77. The fraction of sp³-hybridized carbons (Fsp3) is 0.111. The van der Waals surface area contributed by atoms with Crippen LogP contribution in [0.3, 0.4) is 0 Å². The molecule has 0 aliphatic carbocycles. The Labute approximate surface area is 105 Å². The number of aromatic carboxylic acids is 2. The Morgan fingerprint density at radius 1 is 1.00 bits per heavy atom. The molecule has 8 heteroatoms. The summed E-state index contributed by atoms with van der Waals surface area (Å²) in [6, 6.07) is 0. The van der Waals surface area contributed by atoms with Crippen LogP contribution in [0.4, 0.5) is 0 Å². The lowest BCUT2D eigenvalue weighted by molar-refractivity contribution is 0.0646. The van der Waals surface area contributed by atoms with Crippen molar-refractivity contribution in [2.24, 2.45) is 0 Å². The van der Waals surface area contributed by atoms with Gasteiger partial charge in [0, 0.05) is 6.92 Å². The summed E-state index contributed by atoms with van der Waals surface area (Å²) >= 11 is 11.3. The van der Waals surface area contributed by atoms with Crippen LogP contribution in [-0.2, 0) is 0 Å². The monoisotopic (exact) mass is 277 g/mol. The smallest absolute Gasteiger partial charge is 0.355 e. The highest BCUT2D eigenvalue weighted by molar-refractivity contribution is 6.45. The van der Waals surface area contributed by atoms with Gasteiger partial charge in [-0.1, -0.05) is 23.2 Å². The minimum Gasteiger partial charge on any atom is -0.478 e. The second kappa shape index (κ2) is 4.68. The van der Waals surface area contributed by atoms with Crippen molar-refractivity contribution in [1.82, 2.24) is 4.98 Å². The Balaban J connectivity index is 3.75. The predicted octanol–water partition coefficient (Wildman–Crippen LogP) is 1.99. The average molecular weight is 278 g/mol. The van der Waals surface area contributed by atoms with Crippen molar-refractivity contribution >= 4 is 40.9 Å². The molecule has 0 fully saturated rings. The summed E-state index contributed by atoms with van der Waals surface area (Å²) < 4.78 is 0. The third-order valence-electron chi connectivity index (χ3n) is 1.83. The number of hydrogen-bond donors (Lipinski definition) is 2. The van der Waals surface area contributed by atoms with Crippen LogP contribution in [0.5, 0.6) is 0 Å². The van der Waals surface area contributed by atoms with Gasteiger partial charge in [-0.25, -0.2) is 14.6 Å². The largest absolute Gasteiger partial charge is 0.478 e. The number of carbonyl (C=O) groups excluding carboxylic acids is 1. The zero-order chi connectivity index (χ0) is 13.3. The van der Waals surface area contributed by atoms with Gasteiger partial charge in [-0.3, -0.25) is 4.79 Å². The van der Waals surface area contributed by atoms with Gasteiger partial charge in [0.2, 0.25) is 0 Å². The van der Waals surface area contributed by atoms with Crippen molar-refractivity contribution in [1.29, 1.82) is 0 Å². The molecule has 0 saturated heterocycles. The second-order valence-electron chi connectivity index (χ2n) is 2.98. The summed E-state index contributed by atoms with van der Waals surface area (Å²) in [5, 5.41) is 16.7. The number of halogens is 2. The predicted molar refractivity (Wildman–Crippen MR) is 58.2 cm³/mol. The summed E-state index contributed by atoms with van der Waals surface area (Å²) in [6.45, 7) is 1.11. The van der Waals surface area contributed by atoms with Gasteiger partial charge in [-0.05, 0) is 0 Å². The molecular formula is C9H5Cl2NO5. The molecule has 0 saturated carbocycles. The summed E-state index contributed by atoms with van der Waals surface area (Å²) in [4.78, 5) is 36.2. The summed E-state index contributed by atoms with van der Waals surface area (Å²) in [6.07, 6.45) is 0. The molecule has 1 rings (SSSR count). The van der Waals surface area contributed by atoms with Crippen LogP contribution in [0.25, 0.3) is 0 Å². The van der Waals surface area contributed by atoms with E-state index in [4.69, 9.17) is 33.4 Å². The normalized spacial score (nSPS) is 10.1. The molecule has 1 aromatic rings. The number of hydrogen-bond acceptors (Lipinski definition) is 4. The van der Waals surface area contributed by atoms with Crippen molar-refractivity contribution in [2.45, 2.75) is 6.92 Å². The summed E-state index contributed by atoms with van der Waals surface area (Å²) in [7, 11) is 0. The quantitative estimate of drug-likeness (QED) is 0.819. The first-order valence-electron chi connectivity index (χ1n) is 4.13. The molecular weight excluding hydrogens is 273 g/mol. The van der Waals surface area contributed by atoms with E-state index in [9.17, 15) is 14.4 Å². The van der Waals surface area contributed by atoms with Gasteiger partial charge in [-0.2, -0.15) is 0 Å².